The van der Waals surface area contributed by atoms with Crippen LogP contribution in [0.25, 0.3) is 0 Å². The molecule has 2 nitrogen and oxygen atoms in total. The van der Waals surface area contributed by atoms with Crippen LogP contribution in [-0.4, -0.2) is 16.0 Å². The minimum absolute atomic E-state index is 0.243. The lowest BCUT2D eigenvalue weighted by Gasteiger charge is -2.06. The van der Waals surface area contributed by atoms with E-state index in [2.05, 4.69) is 0 Å². The van der Waals surface area contributed by atoms with Gasteiger partial charge in [0.2, 0.25) is 0 Å². The van der Waals surface area contributed by atoms with Crippen LogP contribution in [0.4, 0.5) is 0 Å². The average Bonchev–Trinajstić information content (AvgIpc) is 2.27. The molecular weight excluding hydrogens is 254 g/mol. The van der Waals surface area contributed by atoms with Gasteiger partial charge in [-0.25, -0.2) is 0 Å². The fourth-order valence-electron chi connectivity index (χ4n) is 1.59. The van der Waals surface area contributed by atoms with Gasteiger partial charge >= 0.3 is 0 Å². The fraction of sp³-hybridized carbons (Fsp3) is 0.538. The fourth-order valence-corrected chi connectivity index (χ4v) is 3.14. The second-order valence-electron chi connectivity index (χ2n) is 4.35. The summed E-state index contributed by atoms with van der Waals surface area (Å²) in [6.45, 7) is 2.00. The quantitative estimate of drug-likeness (QED) is 0.776. The van der Waals surface area contributed by atoms with Gasteiger partial charge < -0.3 is 5.73 Å². The summed E-state index contributed by atoms with van der Waals surface area (Å²) >= 11 is 6.02. The van der Waals surface area contributed by atoms with Gasteiger partial charge in [0.05, 0.1) is 0 Å². The van der Waals surface area contributed by atoms with Gasteiger partial charge in [-0.15, -0.1) is 0 Å². The highest BCUT2D eigenvalue weighted by atomic mass is 35.5. The van der Waals surface area contributed by atoms with Gasteiger partial charge in [-0.05, 0) is 31.4 Å². The molecule has 0 aromatic heterocycles. The molecule has 0 aliphatic rings. The van der Waals surface area contributed by atoms with Crippen molar-refractivity contribution >= 4 is 22.4 Å². The Kier molecular flexibility index (Phi) is 6.78. The molecule has 4 heteroatoms. The van der Waals surface area contributed by atoms with E-state index in [1.807, 2.05) is 31.2 Å². The molecule has 0 fully saturated rings. The minimum Gasteiger partial charge on any atom is -0.328 e. The van der Waals surface area contributed by atoms with Crippen molar-refractivity contribution in [3.05, 3.63) is 34.9 Å². The average molecular weight is 274 g/mol. The highest BCUT2D eigenvalue weighted by Gasteiger charge is 2.05. The standard InChI is InChI=1S/C13H20ClNOS/c1-11(15)6-4-5-9-17(16)10-12-7-2-3-8-13(12)14/h2-3,7-8,11H,4-6,9-10,15H2,1H3. The summed E-state index contributed by atoms with van der Waals surface area (Å²) in [5, 5.41) is 0.705. The zero-order valence-electron chi connectivity index (χ0n) is 10.2. The molecule has 0 aliphatic heterocycles. The maximum Gasteiger partial charge on any atom is 0.0500 e. The van der Waals surface area contributed by atoms with E-state index in [9.17, 15) is 4.21 Å². The van der Waals surface area contributed by atoms with Gasteiger partial charge in [-0.2, -0.15) is 0 Å². The van der Waals surface area contributed by atoms with Crippen LogP contribution in [-0.2, 0) is 16.6 Å². The second kappa shape index (κ2) is 7.85. The molecule has 0 aliphatic carbocycles. The number of hydrogen-bond donors (Lipinski definition) is 1. The van der Waals surface area contributed by atoms with Gasteiger partial charge in [-0.3, -0.25) is 4.21 Å². The first kappa shape index (κ1) is 14.7. The first-order valence-electron chi connectivity index (χ1n) is 5.93. The molecule has 1 rings (SSSR count). The van der Waals surface area contributed by atoms with Crippen LogP contribution in [0.1, 0.15) is 31.7 Å². The van der Waals surface area contributed by atoms with Gasteiger partial charge in [-0.1, -0.05) is 36.2 Å². The van der Waals surface area contributed by atoms with E-state index in [0.29, 0.717) is 10.8 Å². The number of halogens is 1. The number of benzene rings is 1. The van der Waals surface area contributed by atoms with Crippen molar-refractivity contribution in [2.24, 2.45) is 5.73 Å². The lowest BCUT2D eigenvalue weighted by Crippen LogP contribution is -2.14. The van der Waals surface area contributed by atoms with E-state index in [0.717, 1.165) is 30.6 Å². The predicted octanol–water partition coefficient (Wildman–Crippen LogP) is 3.11. The molecule has 0 saturated heterocycles. The van der Waals surface area contributed by atoms with Crippen molar-refractivity contribution in [3.63, 3.8) is 0 Å². The Balaban J connectivity index is 2.28. The molecule has 0 amide bonds. The summed E-state index contributed by atoms with van der Waals surface area (Å²) in [5.74, 6) is 1.29. The summed E-state index contributed by atoms with van der Waals surface area (Å²) in [6.07, 6.45) is 3.02. The van der Waals surface area contributed by atoms with Gasteiger partial charge in [0.25, 0.3) is 0 Å². The highest BCUT2D eigenvalue weighted by molar-refractivity contribution is 7.84. The minimum atomic E-state index is -0.821. The monoisotopic (exact) mass is 273 g/mol. The molecule has 17 heavy (non-hydrogen) atoms. The van der Waals surface area contributed by atoms with E-state index >= 15 is 0 Å². The Morgan fingerprint density at radius 3 is 2.71 bits per heavy atom. The maximum atomic E-state index is 11.8. The molecule has 0 spiro atoms. The number of unbranched alkanes of at least 4 members (excludes halogenated alkanes) is 1. The van der Waals surface area contributed by atoms with Crippen LogP contribution in [0.3, 0.4) is 0 Å². The van der Waals surface area contributed by atoms with Crippen LogP contribution in [0, 0.1) is 0 Å². The SMILES string of the molecule is CC(N)CCCCS(=O)Cc1ccccc1Cl. The van der Waals surface area contributed by atoms with Gasteiger partial charge in [0.1, 0.15) is 0 Å². The zero-order valence-corrected chi connectivity index (χ0v) is 11.8. The van der Waals surface area contributed by atoms with Crippen molar-refractivity contribution in [1.82, 2.24) is 0 Å². The van der Waals surface area contributed by atoms with Crippen LogP contribution in [0.2, 0.25) is 5.02 Å². The lowest BCUT2D eigenvalue weighted by atomic mass is 10.2. The molecule has 0 saturated carbocycles. The Morgan fingerprint density at radius 1 is 1.35 bits per heavy atom. The van der Waals surface area contributed by atoms with Crippen LogP contribution >= 0.6 is 11.6 Å². The summed E-state index contributed by atoms with van der Waals surface area (Å²) in [4.78, 5) is 0. The Bertz CT molecular complexity index is 368. The maximum absolute atomic E-state index is 11.8. The third-order valence-corrected chi connectivity index (χ3v) is 4.30. The molecule has 2 N–H and O–H groups in total. The lowest BCUT2D eigenvalue weighted by molar-refractivity contribution is 0.613. The van der Waals surface area contributed by atoms with E-state index in [-0.39, 0.29) is 6.04 Å². The van der Waals surface area contributed by atoms with Crippen LogP contribution in [0.5, 0.6) is 0 Å². The van der Waals surface area contributed by atoms with Crippen molar-refractivity contribution in [1.29, 1.82) is 0 Å². The van der Waals surface area contributed by atoms with Crippen molar-refractivity contribution in [2.45, 2.75) is 38.0 Å². The molecule has 2 atom stereocenters. The summed E-state index contributed by atoms with van der Waals surface area (Å²) in [6, 6.07) is 7.82. The second-order valence-corrected chi connectivity index (χ2v) is 6.34. The third kappa shape index (κ3) is 6.20. The van der Waals surface area contributed by atoms with Crippen LogP contribution < -0.4 is 5.73 Å². The first-order valence-corrected chi connectivity index (χ1v) is 7.80. The number of hydrogen-bond acceptors (Lipinski definition) is 2. The molecule has 0 bridgehead atoms. The van der Waals surface area contributed by atoms with Crippen molar-refractivity contribution in [3.8, 4) is 0 Å². The molecule has 0 radical (unpaired) electrons. The van der Waals surface area contributed by atoms with Crippen molar-refractivity contribution < 1.29 is 4.21 Å². The number of nitrogens with two attached hydrogens (primary N) is 1. The predicted molar refractivity (Wildman–Crippen MR) is 75.7 cm³/mol. The summed E-state index contributed by atoms with van der Waals surface area (Å²) < 4.78 is 11.8. The highest BCUT2D eigenvalue weighted by Crippen LogP contribution is 2.17. The third-order valence-electron chi connectivity index (χ3n) is 2.56. The summed E-state index contributed by atoms with van der Waals surface area (Å²) in [5.41, 5.74) is 6.63. The molecule has 96 valence electrons. The van der Waals surface area contributed by atoms with Gasteiger partial charge in [0.15, 0.2) is 0 Å². The number of rotatable bonds is 7. The van der Waals surface area contributed by atoms with E-state index in [1.54, 1.807) is 0 Å². The Morgan fingerprint density at radius 2 is 2.06 bits per heavy atom. The smallest absolute Gasteiger partial charge is 0.0500 e. The molecular formula is C13H20ClNOS. The zero-order chi connectivity index (χ0) is 12.7. The largest absolute Gasteiger partial charge is 0.328 e. The molecule has 0 heterocycles. The van der Waals surface area contributed by atoms with E-state index in [4.69, 9.17) is 17.3 Å². The van der Waals surface area contributed by atoms with Gasteiger partial charge in [0, 0.05) is 33.4 Å². The summed E-state index contributed by atoms with van der Waals surface area (Å²) in [7, 11) is -0.821. The Hall–Kier alpha value is -0.380. The topological polar surface area (TPSA) is 43.1 Å². The van der Waals surface area contributed by atoms with E-state index in [1.165, 1.54) is 0 Å². The molecule has 1 aromatic carbocycles. The molecule has 2 unspecified atom stereocenters. The normalized spacial score (nSPS) is 14.5. The van der Waals surface area contributed by atoms with E-state index < -0.39 is 10.8 Å². The Labute approximate surface area is 111 Å². The molecule has 1 aromatic rings. The van der Waals surface area contributed by atoms with Crippen LogP contribution in [0.15, 0.2) is 24.3 Å². The first-order chi connectivity index (χ1) is 8.09. The van der Waals surface area contributed by atoms with Crippen molar-refractivity contribution in [2.75, 3.05) is 5.75 Å².